The second-order valence-electron chi connectivity index (χ2n) is 1.83. The zero-order chi connectivity index (χ0) is 7.82. The molecular weight excluding hydrogens is 144 g/mol. The standard InChI is InChI=1S/C7H14N2S/c1-4-5-6-7(2)9-10-8-3/h4-9H,1H2,2-3H3/b6-5-. The average Bonchev–Trinajstić information content (AvgIpc) is 1.97. The van der Waals surface area contributed by atoms with E-state index in [9.17, 15) is 0 Å². The molecule has 0 aromatic rings. The van der Waals surface area contributed by atoms with Crippen LogP contribution in [-0.2, 0) is 0 Å². The van der Waals surface area contributed by atoms with Crippen LogP contribution >= 0.6 is 12.1 Å². The van der Waals surface area contributed by atoms with Crippen molar-refractivity contribution in [1.82, 2.24) is 9.44 Å². The second-order valence-corrected chi connectivity index (χ2v) is 2.68. The molecule has 0 spiro atoms. The molecule has 0 heterocycles. The summed E-state index contributed by atoms with van der Waals surface area (Å²) in [5, 5.41) is 0. The second kappa shape index (κ2) is 6.86. The van der Waals surface area contributed by atoms with Crippen molar-refractivity contribution in [1.29, 1.82) is 0 Å². The van der Waals surface area contributed by atoms with Crippen LogP contribution in [0.5, 0.6) is 0 Å². The summed E-state index contributed by atoms with van der Waals surface area (Å²) < 4.78 is 6.06. The Kier molecular flexibility index (Phi) is 6.69. The van der Waals surface area contributed by atoms with Gasteiger partial charge in [-0.15, -0.1) is 0 Å². The zero-order valence-corrected chi connectivity index (χ0v) is 7.24. The van der Waals surface area contributed by atoms with E-state index in [4.69, 9.17) is 0 Å². The molecule has 1 atom stereocenters. The third kappa shape index (κ3) is 5.88. The number of allylic oxidation sites excluding steroid dienone is 2. The largest absolute Gasteiger partial charge is 0.254 e. The fourth-order valence-electron chi connectivity index (χ4n) is 0.436. The smallest absolute Gasteiger partial charge is 0.0338 e. The fraction of sp³-hybridized carbons (Fsp3) is 0.429. The molecule has 3 heteroatoms. The van der Waals surface area contributed by atoms with E-state index in [1.165, 1.54) is 12.1 Å². The summed E-state index contributed by atoms with van der Waals surface area (Å²) in [5.74, 6) is 0. The van der Waals surface area contributed by atoms with Crippen LogP contribution in [0.3, 0.4) is 0 Å². The Morgan fingerprint density at radius 3 is 2.80 bits per heavy atom. The Hall–Kier alpha value is -0.250. The molecule has 0 aromatic carbocycles. The van der Waals surface area contributed by atoms with Crippen molar-refractivity contribution in [3.8, 4) is 0 Å². The first-order chi connectivity index (χ1) is 4.81. The minimum atomic E-state index is 0.371. The van der Waals surface area contributed by atoms with Crippen LogP contribution in [0.2, 0.25) is 0 Å². The molecule has 0 aliphatic heterocycles. The molecule has 0 saturated heterocycles. The van der Waals surface area contributed by atoms with Gasteiger partial charge in [-0.1, -0.05) is 24.8 Å². The van der Waals surface area contributed by atoms with E-state index < -0.39 is 0 Å². The minimum Gasteiger partial charge on any atom is -0.254 e. The Labute approximate surface area is 67.0 Å². The summed E-state index contributed by atoms with van der Waals surface area (Å²) in [7, 11) is 1.88. The van der Waals surface area contributed by atoms with Crippen molar-refractivity contribution < 1.29 is 0 Å². The molecule has 0 rings (SSSR count). The highest BCUT2D eigenvalue weighted by Gasteiger charge is 1.91. The molecule has 2 nitrogen and oxygen atoms in total. The predicted octanol–water partition coefficient (Wildman–Crippen LogP) is 1.49. The lowest BCUT2D eigenvalue weighted by Gasteiger charge is -2.05. The molecule has 58 valence electrons. The Morgan fingerprint density at radius 1 is 1.60 bits per heavy atom. The van der Waals surface area contributed by atoms with Gasteiger partial charge in [0, 0.05) is 18.2 Å². The third-order valence-corrected chi connectivity index (χ3v) is 1.58. The first-order valence-corrected chi connectivity index (χ1v) is 4.00. The van der Waals surface area contributed by atoms with Crippen LogP contribution in [0, 0.1) is 0 Å². The molecule has 1 unspecified atom stereocenters. The molecule has 0 aliphatic rings. The molecule has 0 bridgehead atoms. The Morgan fingerprint density at radius 2 is 2.30 bits per heavy atom. The summed E-state index contributed by atoms with van der Waals surface area (Å²) in [6, 6.07) is 0.371. The van der Waals surface area contributed by atoms with Crippen LogP contribution in [0.1, 0.15) is 6.92 Å². The third-order valence-electron chi connectivity index (χ3n) is 0.883. The van der Waals surface area contributed by atoms with E-state index >= 15 is 0 Å². The maximum absolute atomic E-state index is 3.58. The van der Waals surface area contributed by atoms with Crippen molar-refractivity contribution in [3.05, 3.63) is 24.8 Å². The van der Waals surface area contributed by atoms with Gasteiger partial charge < -0.3 is 0 Å². The average molecular weight is 158 g/mol. The normalized spacial score (nSPS) is 13.8. The van der Waals surface area contributed by atoms with E-state index in [1.807, 2.05) is 19.2 Å². The van der Waals surface area contributed by atoms with E-state index in [1.54, 1.807) is 6.08 Å². The van der Waals surface area contributed by atoms with Gasteiger partial charge in [0.15, 0.2) is 0 Å². The highest BCUT2D eigenvalue weighted by Crippen LogP contribution is 1.91. The molecule has 0 radical (unpaired) electrons. The maximum Gasteiger partial charge on any atom is 0.0338 e. The number of rotatable bonds is 5. The number of hydrogen-bond donors (Lipinski definition) is 2. The van der Waals surface area contributed by atoms with Crippen LogP contribution < -0.4 is 9.44 Å². The van der Waals surface area contributed by atoms with Crippen molar-refractivity contribution >= 4 is 12.1 Å². The van der Waals surface area contributed by atoms with Gasteiger partial charge in [0.25, 0.3) is 0 Å². The molecule has 10 heavy (non-hydrogen) atoms. The molecule has 2 N–H and O–H groups in total. The molecule has 0 fully saturated rings. The van der Waals surface area contributed by atoms with Gasteiger partial charge in [-0.3, -0.25) is 4.72 Å². The van der Waals surface area contributed by atoms with Crippen LogP contribution in [0.4, 0.5) is 0 Å². The first-order valence-electron chi connectivity index (χ1n) is 3.18. The summed E-state index contributed by atoms with van der Waals surface area (Å²) in [4.78, 5) is 0. The SMILES string of the molecule is C=C/C=C\C(C)NSNC. The van der Waals surface area contributed by atoms with Gasteiger partial charge in [-0.05, 0) is 14.0 Å². The van der Waals surface area contributed by atoms with Crippen molar-refractivity contribution in [2.75, 3.05) is 7.05 Å². The molecule has 0 aliphatic carbocycles. The van der Waals surface area contributed by atoms with Gasteiger partial charge in [0.05, 0.1) is 0 Å². The lowest BCUT2D eigenvalue weighted by molar-refractivity contribution is 0.847. The number of hydrogen-bond acceptors (Lipinski definition) is 3. The van der Waals surface area contributed by atoms with Crippen molar-refractivity contribution in [3.63, 3.8) is 0 Å². The zero-order valence-electron chi connectivity index (χ0n) is 6.42. The summed E-state index contributed by atoms with van der Waals surface area (Å²) in [6.07, 6.45) is 5.73. The van der Waals surface area contributed by atoms with E-state index in [2.05, 4.69) is 22.9 Å². The lowest BCUT2D eigenvalue weighted by atomic mass is 10.3. The van der Waals surface area contributed by atoms with Crippen LogP contribution in [-0.4, -0.2) is 13.1 Å². The summed E-state index contributed by atoms with van der Waals surface area (Å²) in [5.41, 5.74) is 0. The van der Waals surface area contributed by atoms with Gasteiger partial charge >= 0.3 is 0 Å². The lowest BCUT2D eigenvalue weighted by Crippen LogP contribution is -2.19. The minimum absolute atomic E-state index is 0.371. The van der Waals surface area contributed by atoms with Crippen LogP contribution in [0.15, 0.2) is 24.8 Å². The summed E-state index contributed by atoms with van der Waals surface area (Å²) in [6.45, 7) is 5.65. The Bertz CT molecular complexity index is 112. The fourth-order valence-corrected chi connectivity index (χ4v) is 0.819. The van der Waals surface area contributed by atoms with Gasteiger partial charge in [-0.2, -0.15) is 0 Å². The molecular formula is C7H14N2S. The van der Waals surface area contributed by atoms with Crippen molar-refractivity contribution in [2.24, 2.45) is 0 Å². The maximum atomic E-state index is 3.58. The molecule has 0 amide bonds. The van der Waals surface area contributed by atoms with Gasteiger partial charge in [0.1, 0.15) is 0 Å². The Balaban J connectivity index is 3.32. The quantitative estimate of drug-likeness (QED) is 0.468. The van der Waals surface area contributed by atoms with E-state index in [-0.39, 0.29) is 0 Å². The van der Waals surface area contributed by atoms with Crippen LogP contribution in [0.25, 0.3) is 0 Å². The predicted molar refractivity (Wildman–Crippen MR) is 48.6 cm³/mol. The van der Waals surface area contributed by atoms with Gasteiger partial charge in [-0.25, -0.2) is 4.72 Å². The molecule has 0 saturated carbocycles. The van der Waals surface area contributed by atoms with Gasteiger partial charge in [0.2, 0.25) is 0 Å². The van der Waals surface area contributed by atoms with Crippen molar-refractivity contribution in [2.45, 2.75) is 13.0 Å². The first kappa shape index (κ1) is 9.75. The summed E-state index contributed by atoms with van der Waals surface area (Å²) >= 11 is 1.48. The monoisotopic (exact) mass is 158 g/mol. The van der Waals surface area contributed by atoms with E-state index in [0.29, 0.717) is 6.04 Å². The topological polar surface area (TPSA) is 24.1 Å². The number of nitrogens with one attached hydrogen (secondary N) is 2. The highest BCUT2D eigenvalue weighted by molar-refractivity contribution is 7.95. The highest BCUT2D eigenvalue weighted by atomic mass is 32.2. The van der Waals surface area contributed by atoms with E-state index in [0.717, 1.165) is 0 Å². The molecule has 0 aromatic heterocycles.